The van der Waals surface area contributed by atoms with Crippen LogP contribution in [0.2, 0.25) is 0 Å². The molecule has 0 bridgehead atoms. The number of hydrogen-bond acceptors (Lipinski definition) is 3. The lowest BCUT2D eigenvalue weighted by molar-refractivity contribution is -0.392. The van der Waals surface area contributed by atoms with Crippen molar-refractivity contribution < 1.29 is 52.7 Å². The molecule has 3 aromatic rings. The van der Waals surface area contributed by atoms with Gasteiger partial charge in [-0.1, -0.05) is 57.0 Å². The van der Waals surface area contributed by atoms with Gasteiger partial charge in [0.05, 0.1) is 11.5 Å². The Morgan fingerprint density at radius 3 is 1.82 bits per heavy atom. The summed E-state index contributed by atoms with van der Waals surface area (Å²) in [4.78, 5) is -0.250. The van der Waals surface area contributed by atoms with Crippen LogP contribution in [-0.4, -0.2) is 20.8 Å². The predicted octanol–water partition coefficient (Wildman–Crippen LogP) is 9.16. The van der Waals surface area contributed by atoms with Gasteiger partial charge in [0, 0.05) is 11.1 Å². The molecule has 1 saturated carbocycles. The molecule has 3 aromatic carbocycles. The van der Waals surface area contributed by atoms with Crippen molar-refractivity contribution in [1.82, 2.24) is 0 Å². The summed E-state index contributed by atoms with van der Waals surface area (Å²) in [6.07, 6.45) is -10.8. The van der Waals surface area contributed by atoms with E-state index in [2.05, 4.69) is 4.74 Å². The first-order valence-electron chi connectivity index (χ1n) is 13.7. The first kappa shape index (κ1) is 33.8. The molecule has 0 spiro atoms. The minimum Gasteiger partial charge on any atom is -0.349 e. The van der Waals surface area contributed by atoms with Crippen molar-refractivity contribution in [3.05, 3.63) is 101 Å². The molecular weight excluding hydrogens is 623 g/mol. The van der Waals surface area contributed by atoms with Crippen molar-refractivity contribution in [2.24, 2.45) is 11.8 Å². The number of sulfone groups is 1. The molecule has 0 amide bonds. The van der Waals surface area contributed by atoms with Crippen LogP contribution in [0.3, 0.4) is 0 Å². The molecule has 0 aliphatic heterocycles. The lowest BCUT2D eigenvalue weighted by Gasteiger charge is -2.48. The Hall–Kier alpha value is -3.06. The highest BCUT2D eigenvalue weighted by Gasteiger charge is 2.73. The fraction of sp³-hybridized carbons (Fsp3) is 0.419. The first-order chi connectivity index (χ1) is 20.4. The molecule has 3 nitrogen and oxygen atoms in total. The van der Waals surface area contributed by atoms with Gasteiger partial charge >= 0.3 is 12.4 Å². The summed E-state index contributed by atoms with van der Waals surface area (Å²) in [6.45, 7) is 2.26. The van der Waals surface area contributed by atoms with E-state index in [0.717, 1.165) is 48.9 Å². The zero-order valence-electron chi connectivity index (χ0n) is 23.6. The Labute approximate surface area is 249 Å². The number of hydrogen-bond donors (Lipinski definition) is 0. The van der Waals surface area contributed by atoms with E-state index in [-0.39, 0.29) is 29.2 Å². The van der Waals surface area contributed by atoms with E-state index in [0.29, 0.717) is 36.6 Å². The summed E-state index contributed by atoms with van der Waals surface area (Å²) in [5.41, 5.74) is -7.64. The number of rotatable bonds is 10. The third-order valence-electron chi connectivity index (χ3n) is 8.14. The van der Waals surface area contributed by atoms with Crippen LogP contribution in [0.1, 0.15) is 56.2 Å². The van der Waals surface area contributed by atoms with Crippen LogP contribution in [0.25, 0.3) is 0 Å². The molecule has 4 rings (SSSR count). The number of alkyl halides is 6. The van der Waals surface area contributed by atoms with Crippen LogP contribution >= 0.6 is 0 Å². The van der Waals surface area contributed by atoms with Gasteiger partial charge in [-0.2, -0.15) is 26.3 Å². The van der Waals surface area contributed by atoms with E-state index in [9.17, 15) is 47.9 Å². The molecule has 13 heteroatoms. The molecule has 0 saturated heterocycles. The second kappa shape index (κ2) is 12.0. The zero-order chi connectivity index (χ0) is 32.7. The summed E-state index contributed by atoms with van der Waals surface area (Å²) in [5, 5.41) is 0. The van der Waals surface area contributed by atoms with Crippen molar-refractivity contribution in [3.63, 3.8) is 0 Å². The summed E-state index contributed by atoms with van der Waals surface area (Å²) in [5.74, 6) is -3.27. The Morgan fingerprint density at radius 2 is 1.34 bits per heavy atom. The lowest BCUT2D eigenvalue weighted by atomic mass is 9.68. The second-order valence-electron chi connectivity index (χ2n) is 11.4. The van der Waals surface area contributed by atoms with Crippen LogP contribution in [0, 0.1) is 29.3 Å². The van der Waals surface area contributed by atoms with Crippen LogP contribution in [0.4, 0.5) is 39.5 Å². The second-order valence-corrected chi connectivity index (χ2v) is 13.7. The largest absolute Gasteiger partial charge is 0.430 e. The van der Waals surface area contributed by atoms with Gasteiger partial charge in [0.15, 0.2) is 9.84 Å². The van der Waals surface area contributed by atoms with Crippen molar-refractivity contribution in [2.45, 2.75) is 73.7 Å². The monoisotopic (exact) mass is 652 g/mol. The molecule has 0 aromatic heterocycles. The van der Waals surface area contributed by atoms with Crippen LogP contribution in [0.5, 0.6) is 0 Å². The van der Waals surface area contributed by atoms with Crippen molar-refractivity contribution >= 4 is 9.84 Å². The molecule has 0 radical (unpaired) electrons. The van der Waals surface area contributed by atoms with E-state index in [1.807, 2.05) is 13.8 Å². The summed E-state index contributed by atoms with van der Waals surface area (Å²) < 4.78 is 158. The van der Waals surface area contributed by atoms with E-state index >= 15 is 0 Å². The molecular formula is C31H29F9O3S. The van der Waals surface area contributed by atoms with Crippen LogP contribution < -0.4 is 0 Å². The summed E-state index contributed by atoms with van der Waals surface area (Å²) in [6, 6.07) is 8.87. The first-order valence-corrected chi connectivity index (χ1v) is 15.2. The highest BCUT2D eigenvalue weighted by atomic mass is 32.2. The van der Waals surface area contributed by atoms with Crippen molar-refractivity contribution in [1.29, 1.82) is 0 Å². The number of halogens is 9. The quantitative estimate of drug-likeness (QED) is 0.162. The summed E-state index contributed by atoms with van der Waals surface area (Å²) >= 11 is 0. The van der Waals surface area contributed by atoms with Gasteiger partial charge in [0.2, 0.25) is 0 Å². The maximum absolute atomic E-state index is 14.4. The molecule has 0 atom stereocenters. The lowest BCUT2D eigenvalue weighted by Crippen LogP contribution is -2.56. The van der Waals surface area contributed by atoms with Crippen molar-refractivity contribution in [2.75, 3.05) is 0 Å². The van der Waals surface area contributed by atoms with Gasteiger partial charge in [-0.05, 0) is 66.6 Å². The minimum atomic E-state index is -6.15. The molecule has 0 heterocycles. The Bertz CT molecular complexity index is 1520. The Kier molecular flexibility index (Phi) is 9.25. The van der Waals surface area contributed by atoms with E-state index < -0.39 is 67.7 Å². The maximum Gasteiger partial charge on any atom is 0.430 e. The zero-order valence-corrected chi connectivity index (χ0v) is 24.4. The molecule has 1 aliphatic carbocycles. The Balaban J connectivity index is 1.79. The highest BCUT2D eigenvalue weighted by Crippen LogP contribution is 2.57. The fourth-order valence-electron chi connectivity index (χ4n) is 5.69. The molecule has 1 aliphatic rings. The van der Waals surface area contributed by atoms with Gasteiger partial charge in [0.25, 0.3) is 5.60 Å². The predicted molar refractivity (Wildman–Crippen MR) is 143 cm³/mol. The van der Waals surface area contributed by atoms with Crippen LogP contribution in [-0.2, 0) is 31.5 Å². The molecule has 0 N–H and O–H groups in total. The van der Waals surface area contributed by atoms with E-state index in [1.165, 1.54) is 0 Å². The van der Waals surface area contributed by atoms with Crippen molar-refractivity contribution in [3.8, 4) is 0 Å². The SMILES string of the molecule is CC(C)CCC1CC(c2ccc(C(OCc3c(F)cccc3F)(C(F)(F)F)C(F)(F)F)cc2)(S(=O)(=O)c2ccc(F)cc2)C1. The van der Waals surface area contributed by atoms with E-state index in [1.54, 1.807) is 0 Å². The fourth-order valence-corrected chi connectivity index (χ4v) is 7.99. The highest BCUT2D eigenvalue weighted by molar-refractivity contribution is 7.92. The third-order valence-corrected chi connectivity index (χ3v) is 10.6. The molecule has 1 fully saturated rings. The third kappa shape index (κ3) is 5.96. The van der Waals surface area contributed by atoms with Gasteiger partial charge in [-0.3, -0.25) is 0 Å². The average Bonchev–Trinajstić information content (AvgIpc) is 2.88. The topological polar surface area (TPSA) is 43.4 Å². The van der Waals surface area contributed by atoms with Gasteiger partial charge in [0.1, 0.15) is 22.2 Å². The number of ether oxygens (including phenoxy) is 1. The molecule has 44 heavy (non-hydrogen) atoms. The van der Waals surface area contributed by atoms with E-state index in [4.69, 9.17) is 0 Å². The van der Waals surface area contributed by atoms with Gasteiger partial charge in [-0.25, -0.2) is 21.6 Å². The van der Waals surface area contributed by atoms with Crippen LogP contribution in [0.15, 0.2) is 71.6 Å². The normalized spacial score (nSPS) is 19.7. The molecule has 240 valence electrons. The minimum absolute atomic E-state index is 0.0471. The Morgan fingerprint density at radius 1 is 0.818 bits per heavy atom. The summed E-state index contributed by atoms with van der Waals surface area (Å²) in [7, 11) is -4.29. The maximum atomic E-state index is 14.4. The average molecular weight is 653 g/mol. The van der Waals surface area contributed by atoms with Gasteiger partial charge < -0.3 is 4.74 Å². The smallest absolute Gasteiger partial charge is 0.349 e. The number of benzene rings is 3. The standard InChI is InChI=1S/C31H29F9O3S/c1-19(2)6-7-20-16-28(17-20,44(41,42)24-14-12-23(32)13-15-24)21-8-10-22(11-9-21)29(30(35,36)37,31(38,39)40)43-18-25-26(33)4-3-5-27(25)34/h3-5,8-15,19-20H,6-7,16-18H2,1-2H3. The molecule has 0 unspecified atom stereocenters. The van der Waals surface area contributed by atoms with Gasteiger partial charge in [-0.15, -0.1) is 0 Å².